The molecule has 0 bridgehead atoms. The van der Waals surface area contributed by atoms with E-state index in [4.69, 9.17) is 0 Å². The molecule has 2 amide bonds. The molecule has 8 heteroatoms. The van der Waals surface area contributed by atoms with Crippen molar-refractivity contribution in [1.82, 2.24) is 9.80 Å². The second-order valence-corrected chi connectivity index (χ2v) is 10.2. The summed E-state index contributed by atoms with van der Waals surface area (Å²) in [4.78, 5) is 28.7. The Morgan fingerprint density at radius 1 is 1.11 bits per heavy atom. The summed E-state index contributed by atoms with van der Waals surface area (Å²) in [7, 11) is -2.95. The lowest BCUT2D eigenvalue weighted by atomic mass is 10.0. The van der Waals surface area contributed by atoms with E-state index in [1.54, 1.807) is 4.90 Å². The number of para-hydroxylation sites is 1. The van der Waals surface area contributed by atoms with E-state index in [0.717, 1.165) is 16.8 Å². The van der Waals surface area contributed by atoms with Gasteiger partial charge in [-0.15, -0.1) is 0 Å². The maximum atomic E-state index is 12.4. The van der Waals surface area contributed by atoms with Crippen LogP contribution >= 0.6 is 0 Å². The highest BCUT2D eigenvalue weighted by Gasteiger charge is 2.31. The zero-order valence-corrected chi connectivity index (χ0v) is 17.4. The van der Waals surface area contributed by atoms with E-state index in [-0.39, 0.29) is 29.2 Å². The first-order valence-electron chi connectivity index (χ1n) is 9.80. The largest absolute Gasteiger partial charge is 0.340 e. The Balaban J connectivity index is 1.44. The average Bonchev–Trinajstić information content (AvgIpc) is 2.97. The molecule has 1 aromatic rings. The summed E-state index contributed by atoms with van der Waals surface area (Å²) in [6, 6.07) is 5.92. The number of benzene rings is 1. The molecule has 1 aromatic carbocycles. The van der Waals surface area contributed by atoms with Crippen LogP contribution in [0.25, 0.3) is 0 Å². The Hall–Kier alpha value is -1.93. The molecule has 2 saturated heterocycles. The number of carbonyl (C=O) groups is 2. The molecule has 28 heavy (non-hydrogen) atoms. The smallest absolute Gasteiger partial charge is 0.238 e. The molecule has 0 unspecified atom stereocenters. The van der Waals surface area contributed by atoms with E-state index in [1.165, 1.54) is 0 Å². The molecule has 0 saturated carbocycles. The molecule has 0 aromatic heterocycles. The van der Waals surface area contributed by atoms with E-state index in [0.29, 0.717) is 45.6 Å². The van der Waals surface area contributed by atoms with E-state index in [9.17, 15) is 18.0 Å². The van der Waals surface area contributed by atoms with Crippen molar-refractivity contribution in [2.24, 2.45) is 5.92 Å². The van der Waals surface area contributed by atoms with Gasteiger partial charge in [-0.2, -0.15) is 0 Å². The standard InChI is InChI=1S/C20H29N3O4S/c1-15-4-3-5-16(2)20(15)21-18(24)13-22-7-9-23(10-8-22)19(25)12-17-6-11-28(26,27)14-17/h3-5,17H,6-14H2,1-2H3,(H,21,24)/t17-/m1/s1. The number of piperazine rings is 1. The fraction of sp³-hybridized carbons (Fsp3) is 0.600. The highest BCUT2D eigenvalue weighted by molar-refractivity contribution is 7.91. The number of rotatable bonds is 5. The van der Waals surface area contributed by atoms with Gasteiger partial charge in [-0.05, 0) is 37.3 Å². The maximum Gasteiger partial charge on any atom is 0.238 e. The Kier molecular flexibility index (Phi) is 6.40. The summed E-state index contributed by atoms with van der Waals surface area (Å²) in [6.45, 7) is 6.70. The SMILES string of the molecule is Cc1cccc(C)c1NC(=O)CN1CCN(C(=O)C[C@H]2CCS(=O)(=O)C2)CC1. The van der Waals surface area contributed by atoms with Crippen molar-refractivity contribution in [3.8, 4) is 0 Å². The Morgan fingerprint density at radius 2 is 1.75 bits per heavy atom. The van der Waals surface area contributed by atoms with Crippen LogP contribution in [0.5, 0.6) is 0 Å². The first-order valence-corrected chi connectivity index (χ1v) is 11.6. The van der Waals surface area contributed by atoms with E-state index in [2.05, 4.69) is 5.32 Å². The molecule has 0 spiro atoms. The van der Waals surface area contributed by atoms with Crippen molar-refractivity contribution < 1.29 is 18.0 Å². The zero-order chi connectivity index (χ0) is 20.3. The molecule has 3 rings (SSSR count). The van der Waals surface area contributed by atoms with Crippen molar-refractivity contribution in [3.63, 3.8) is 0 Å². The number of nitrogens with one attached hydrogen (secondary N) is 1. The van der Waals surface area contributed by atoms with Crippen LogP contribution in [0.2, 0.25) is 0 Å². The maximum absolute atomic E-state index is 12.4. The summed E-state index contributed by atoms with van der Waals surface area (Å²) in [5, 5.41) is 3.00. The summed E-state index contributed by atoms with van der Waals surface area (Å²) in [5.41, 5.74) is 2.95. The quantitative estimate of drug-likeness (QED) is 0.793. The lowest BCUT2D eigenvalue weighted by molar-refractivity contribution is -0.133. The molecular weight excluding hydrogens is 378 g/mol. The third kappa shape index (κ3) is 5.32. The first kappa shape index (κ1) is 20.8. The van der Waals surface area contributed by atoms with Gasteiger partial charge in [-0.3, -0.25) is 14.5 Å². The molecular formula is C20H29N3O4S. The lowest BCUT2D eigenvalue weighted by Gasteiger charge is -2.34. The highest BCUT2D eigenvalue weighted by Crippen LogP contribution is 2.23. The second kappa shape index (κ2) is 8.61. The molecule has 2 aliphatic rings. The molecule has 2 heterocycles. The minimum Gasteiger partial charge on any atom is -0.340 e. The van der Waals surface area contributed by atoms with Crippen LogP contribution < -0.4 is 5.32 Å². The van der Waals surface area contributed by atoms with E-state index in [1.807, 2.05) is 36.9 Å². The van der Waals surface area contributed by atoms with Crippen LogP contribution in [0.1, 0.15) is 24.0 Å². The molecule has 1 N–H and O–H groups in total. The monoisotopic (exact) mass is 407 g/mol. The summed E-state index contributed by atoms with van der Waals surface area (Å²) in [6.07, 6.45) is 0.902. The fourth-order valence-corrected chi connectivity index (χ4v) is 5.82. The van der Waals surface area contributed by atoms with E-state index < -0.39 is 9.84 Å². The van der Waals surface area contributed by atoms with E-state index >= 15 is 0 Å². The van der Waals surface area contributed by atoms with Gasteiger partial charge in [-0.1, -0.05) is 18.2 Å². The Labute approximate surface area is 167 Å². The van der Waals surface area contributed by atoms with Crippen LogP contribution in [0, 0.1) is 19.8 Å². The molecule has 2 aliphatic heterocycles. The van der Waals surface area contributed by atoms with Crippen LogP contribution in [0.3, 0.4) is 0 Å². The van der Waals surface area contributed by atoms with Gasteiger partial charge >= 0.3 is 0 Å². The number of aryl methyl sites for hydroxylation is 2. The molecule has 154 valence electrons. The van der Waals surface area contributed by atoms with Crippen molar-refractivity contribution in [1.29, 1.82) is 0 Å². The molecule has 7 nitrogen and oxygen atoms in total. The summed E-state index contributed by atoms with van der Waals surface area (Å²) >= 11 is 0. The number of nitrogens with zero attached hydrogens (tertiary/aromatic N) is 2. The van der Waals surface area contributed by atoms with Crippen LogP contribution in [0.15, 0.2) is 18.2 Å². The molecule has 2 fully saturated rings. The van der Waals surface area contributed by atoms with Gasteiger partial charge in [0.05, 0.1) is 18.1 Å². The Morgan fingerprint density at radius 3 is 2.32 bits per heavy atom. The number of hydrogen-bond acceptors (Lipinski definition) is 5. The van der Waals surface area contributed by atoms with Gasteiger partial charge in [0.15, 0.2) is 9.84 Å². The molecule has 0 radical (unpaired) electrons. The highest BCUT2D eigenvalue weighted by atomic mass is 32.2. The fourth-order valence-electron chi connectivity index (χ4n) is 3.96. The third-order valence-corrected chi connectivity index (χ3v) is 7.46. The molecule has 0 aliphatic carbocycles. The van der Waals surface area contributed by atoms with Gasteiger partial charge in [0.25, 0.3) is 0 Å². The van der Waals surface area contributed by atoms with Gasteiger partial charge in [0.1, 0.15) is 0 Å². The topological polar surface area (TPSA) is 86.8 Å². The predicted molar refractivity (Wildman–Crippen MR) is 109 cm³/mol. The minimum atomic E-state index is -2.95. The first-order chi connectivity index (χ1) is 13.2. The molecule has 1 atom stereocenters. The van der Waals surface area contributed by atoms with Crippen LogP contribution in [-0.2, 0) is 19.4 Å². The number of amides is 2. The minimum absolute atomic E-state index is 0.0294. The third-order valence-electron chi connectivity index (χ3n) is 5.63. The number of carbonyl (C=O) groups excluding carboxylic acids is 2. The number of hydrogen-bond donors (Lipinski definition) is 1. The predicted octanol–water partition coefficient (Wildman–Crippen LogP) is 1.21. The van der Waals surface area contributed by atoms with Gasteiger partial charge in [-0.25, -0.2) is 8.42 Å². The van der Waals surface area contributed by atoms with Gasteiger partial charge < -0.3 is 10.2 Å². The van der Waals surface area contributed by atoms with Gasteiger partial charge in [0, 0.05) is 38.3 Å². The van der Waals surface area contributed by atoms with Gasteiger partial charge in [0.2, 0.25) is 11.8 Å². The van der Waals surface area contributed by atoms with Crippen molar-refractivity contribution in [3.05, 3.63) is 29.3 Å². The summed E-state index contributed by atoms with van der Waals surface area (Å²) < 4.78 is 23.1. The average molecular weight is 408 g/mol. The van der Waals surface area contributed by atoms with Crippen molar-refractivity contribution in [2.45, 2.75) is 26.7 Å². The summed E-state index contributed by atoms with van der Waals surface area (Å²) in [5.74, 6) is 0.277. The normalized spacial score (nSPS) is 22.2. The Bertz CT molecular complexity index is 825. The van der Waals surface area contributed by atoms with Crippen molar-refractivity contribution in [2.75, 3.05) is 49.5 Å². The lowest BCUT2D eigenvalue weighted by Crippen LogP contribution is -2.50. The van der Waals surface area contributed by atoms with Crippen LogP contribution in [-0.4, -0.2) is 74.3 Å². The van der Waals surface area contributed by atoms with Crippen LogP contribution in [0.4, 0.5) is 5.69 Å². The second-order valence-electron chi connectivity index (χ2n) is 7.95. The van der Waals surface area contributed by atoms with Crippen molar-refractivity contribution >= 4 is 27.3 Å². The zero-order valence-electron chi connectivity index (χ0n) is 16.6. The number of anilines is 1. The number of sulfone groups is 1.